The van der Waals surface area contributed by atoms with Gasteiger partial charge in [0.1, 0.15) is 11.5 Å². The lowest BCUT2D eigenvalue weighted by Gasteiger charge is -2.58. The molecule has 1 saturated heterocycles. The zero-order valence-corrected chi connectivity index (χ0v) is 15.0. The van der Waals surface area contributed by atoms with Gasteiger partial charge in [0.25, 0.3) is 0 Å². The second-order valence-corrected chi connectivity index (χ2v) is 8.17. The molecule has 1 saturated carbocycles. The molecule has 1 aliphatic heterocycles. The Labute approximate surface area is 154 Å². The molecule has 3 aliphatic rings. The van der Waals surface area contributed by atoms with E-state index in [0.29, 0.717) is 29.9 Å². The maximum Gasteiger partial charge on any atom is 0.143 e. The van der Waals surface area contributed by atoms with E-state index in [-0.39, 0.29) is 5.41 Å². The number of likely N-dealkylation sites (tertiary alicyclic amines) is 1. The predicted octanol–water partition coefficient (Wildman–Crippen LogP) is 3.83. The second-order valence-electron chi connectivity index (χ2n) is 8.17. The number of aromatic hydroxyl groups is 1. The van der Waals surface area contributed by atoms with E-state index in [1.54, 1.807) is 6.07 Å². The summed E-state index contributed by atoms with van der Waals surface area (Å²) in [5.74, 6) is 1.16. The Kier molecular flexibility index (Phi) is 3.68. The van der Waals surface area contributed by atoms with E-state index < -0.39 is 0 Å². The maximum absolute atomic E-state index is 13.2. The van der Waals surface area contributed by atoms with Crippen molar-refractivity contribution in [3.63, 3.8) is 0 Å². The molecular formula is C23H25NO2. The van der Waals surface area contributed by atoms with Gasteiger partial charge in [-0.3, -0.25) is 9.69 Å². The fourth-order valence-corrected chi connectivity index (χ4v) is 5.93. The van der Waals surface area contributed by atoms with Crippen molar-refractivity contribution in [3.8, 4) is 5.75 Å². The molecule has 2 bridgehead atoms. The van der Waals surface area contributed by atoms with Crippen LogP contribution in [-0.2, 0) is 23.2 Å². The summed E-state index contributed by atoms with van der Waals surface area (Å²) in [5.41, 5.74) is 3.11. The zero-order valence-electron chi connectivity index (χ0n) is 15.0. The molecule has 0 radical (unpaired) electrons. The quantitative estimate of drug-likeness (QED) is 0.897. The molecule has 134 valence electrons. The van der Waals surface area contributed by atoms with Gasteiger partial charge in [0, 0.05) is 25.6 Å². The molecule has 1 N–H and O–H groups in total. The third-order valence-corrected chi connectivity index (χ3v) is 7.05. The molecule has 2 aromatic carbocycles. The van der Waals surface area contributed by atoms with Crippen molar-refractivity contribution in [2.45, 2.75) is 50.1 Å². The highest BCUT2D eigenvalue weighted by atomic mass is 16.3. The number of nitrogens with zero attached hydrogens (tertiary/aromatic N) is 1. The molecule has 5 rings (SSSR count). The average Bonchev–Trinajstić information content (AvgIpc) is 2.66. The number of benzene rings is 2. The highest BCUT2D eigenvalue weighted by Crippen LogP contribution is 2.55. The smallest absolute Gasteiger partial charge is 0.143 e. The van der Waals surface area contributed by atoms with Crippen LogP contribution < -0.4 is 0 Å². The van der Waals surface area contributed by atoms with Gasteiger partial charge in [0.2, 0.25) is 0 Å². The molecular weight excluding hydrogens is 322 g/mol. The summed E-state index contributed by atoms with van der Waals surface area (Å²) in [6, 6.07) is 16.7. The van der Waals surface area contributed by atoms with Crippen LogP contribution in [0.3, 0.4) is 0 Å². The second kappa shape index (κ2) is 5.95. The summed E-state index contributed by atoms with van der Waals surface area (Å²) in [5, 5.41) is 10.5. The van der Waals surface area contributed by atoms with Gasteiger partial charge in [-0.25, -0.2) is 0 Å². The van der Waals surface area contributed by atoms with Crippen LogP contribution in [0.25, 0.3) is 0 Å². The molecule has 0 aromatic heterocycles. The van der Waals surface area contributed by atoms with Crippen molar-refractivity contribution in [2.75, 3.05) is 6.54 Å². The van der Waals surface area contributed by atoms with Crippen molar-refractivity contribution in [3.05, 3.63) is 65.2 Å². The number of rotatable bonds is 2. The summed E-state index contributed by atoms with van der Waals surface area (Å²) < 4.78 is 0. The fourth-order valence-electron chi connectivity index (χ4n) is 5.93. The number of carbonyl (C=O) groups excluding carboxylic acids is 1. The van der Waals surface area contributed by atoms with E-state index >= 15 is 0 Å². The van der Waals surface area contributed by atoms with Gasteiger partial charge < -0.3 is 5.11 Å². The van der Waals surface area contributed by atoms with Crippen molar-refractivity contribution in [1.82, 2.24) is 4.90 Å². The third-order valence-electron chi connectivity index (χ3n) is 7.05. The minimum Gasteiger partial charge on any atom is -0.508 e. The van der Waals surface area contributed by atoms with Crippen LogP contribution in [0.4, 0.5) is 0 Å². The molecule has 1 heterocycles. The number of phenols is 1. The highest BCUT2D eigenvalue weighted by molar-refractivity contribution is 5.92. The number of carbonyl (C=O) groups is 1. The Bertz CT molecular complexity index is 847. The van der Waals surface area contributed by atoms with Gasteiger partial charge >= 0.3 is 0 Å². The first-order chi connectivity index (χ1) is 12.7. The lowest BCUT2D eigenvalue weighted by atomic mass is 9.51. The first kappa shape index (κ1) is 16.1. The normalized spacial score (nSPS) is 30.5. The van der Waals surface area contributed by atoms with Gasteiger partial charge in [-0.05, 0) is 54.4 Å². The van der Waals surface area contributed by atoms with Crippen molar-refractivity contribution in [2.24, 2.45) is 5.92 Å². The minimum absolute atomic E-state index is 0.342. The van der Waals surface area contributed by atoms with Crippen LogP contribution in [-0.4, -0.2) is 28.4 Å². The van der Waals surface area contributed by atoms with Gasteiger partial charge in [0.15, 0.2) is 0 Å². The predicted molar refractivity (Wildman–Crippen MR) is 101 cm³/mol. The Morgan fingerprint density at radius 3 is 2.81 bits per heavy atom. The Morgan fingerprint density at radius 1 is 1.12 bits per heavy atom. The Balaban J connectivity index is 1.59. The molecule has 3 atom stereocenters. The van der Waals surface area contributed by atoms with E-state index in [0.717, 1.165) is 49.9 Å². The van der Waals surface area contributed by atoms with E-state index in [1.807, 2.05) is 6.07 Å². The molecule has 3 heteroatoms. The van der Waals surface area contributed by atoms with Gasteiger partial charge in [0.05, 0.1) is 5.41 Å². The molecule has 26 heavy (non-hydrogen) atoms. The van der Waals surface area contributed by atoms with E-state index in [1.165, 1.54) is 5.56 Å². The molecule has 0 spiro atoms. The first-order valence-corrected chi connectivity index (χ1v) is 9.83. The first-order valence-electron chi connectivity index (χ1n) is 9.83. The van der Waals surface area contributed by atoms with Gasteiger partial charge in [-0.1, -0.05) is 42.5 Å². The number of Topliss-reactive ketones (excluding diaryl/α,β-unsaturated/α-hetero) is 1. The zero-order chi connectivity index (χ0) is 17.7. The SMILES string of the molecule is O=C1CCC[C@H]2[C@H]3Cc4c(O)cccc4[C@@]12CCN3Cc1ccccc1. The highest BCUT2D eigenvalue weighted by Gasteiger charge is 2.58. The topological polar surface area (TPSA) is 40.5 Å². The molecule has 2 aromatic rings. The molecule has 0 unspecified atom stereocenters. The summed E-state index contributed by atoms with van der Waals surface area (Å²) in [6.45, 7) is 1.88. The summed E-state index contributed by atoms with van der Waals surface area (Å²) in [7, 11) is 0. The fraction of sp³-hybridized carbons (Fsp3) is 0.435. The number of piperidine rings is 1. The van der Waals surface area contributed by atoms with Crippen molar-refractivity contribution in [1.29, 1.82) is 0 Å². The lowest BCUT2D eigenvalue weighted by Crippen LogP contribution is -2.63. The number of phenolic OH excluding ortho intramolecular Hbond substituents is 1. The number of hydrogen-bond donors (Lipinski definition) is 1. The van der Waals surface area contributed by atoms with Crippen molar-refractivity contribution < 1.29 is 9.90 Å². The van der Waals surface area contributed by atoms with Crippen LogP contribution >= 0.6 is 0 Å². The third kappa shape index (κ3) is 2.20. The lowest BCUT2D eigenvalue weighted by molar-refractivity contribution is -0.136. The van der Waals surface area contributed by atoms with Gasteiger partial charge in [-0.15, -0.1) is 0 Å². The Hall–Kier alpha value is -2.13. The van der Waals surface area contributed by atoms with Crippen LogP contribution in [0.1, 0.15) is 42.4 Å². The summed E-state index contributed by atoms with van der Waals surface area (Å²) in [6.07, 6.45) is 4.56. The van der Waals surface area contributed by atoms with Crippen LogP contribution in [0.2, 0.25) is 0 Å². The number of hydrogen-bond acceptors (Lipinski definition) is 3. The van der Waals surface area contributed by atoms with E-state index in [4.69, 9.17) is 0 Å². The van der Waals surface area contributed by atoms with Crippen molar-refractivity contribution >= 4 is 5.78 Å². The van der Waals surface area contributed by atoms with Crippen LogP contribution in [0.15, 0.2) is 48.5 Å². The summed E-state index contributed by atoms with van der Waals surface area (Å²) in [4.78, 5) is 15.8. The van der Waals surface area contributed by atoms with Gasteiger partial charge in [-0.2, -0.15) is 0 Å². The van der Waals surface area contributed by atoms with Crippen LogP contribution in [0, 0.1) is 5.92 Å². The maximum atomic E-state index is 13.2. The molecule has 0 amide bonds. The van der Waals surface area contributed by atoms with E-state index in [9.17, 15) is 9.90 Å². The molecule has 2 fully saturated rings. The monoisotopic (exact) mass is 347 g/mol. The average molecular weight is 347 g/mol. The minimum atomic E-state index is -0.359. The Morgan fingerprint density at radius 2 is 1.96 bits per heavy atom. The summed E-state index contributed by atoms with van der Waals surface area (Å²) >= 11 is 0. The molecule has 2 aliphatic carbocycles. The van der Waals surface area contributed by atoms with Crippen LogP contribution in [0.5, 0.6) is 5.75 Å². The standard InChI is InChI=1S/C23H25NO2/c25-21-10-4-8-18-17(21)14-20-19-9-5-11-22(26)23(18,19)12-13-24(20)15-16-6-2-1-3-7-16/h1-4,6-8,10,19-20,25H,5,9,11-15H2/t19-,20+,23+/m0/s1. The van der Waals surface area contributed by atoms with E-state index in [2.05, 4.69) is 41.3 Å². The number of fused-ring (bicyclic) bond motifs is 1. The number of ketones is 1. The largest absolute Gasteiger partial charge is 0.508 e. The molecule has 3 nitrogen and oxygen atoms in total.